The first kappa shape index (κ1) is 13.8. The number of hydrogen-bond donors (Lipinski definition) is 1. The fraction of sp³-hybridized carbons (Fsp3) is 0.0909. The highest BCUT2D eigenvalue weighted by molar-refractivity contribution is 5.85. The van der Waals surface area contributed by atoms with Crippen LogP contribution in [0.2, 0.25) is 0 Å². The molecule has 0 aliphatic rings. The zero-order valence-electron chi connectivity index (χ0n) is 13.2. The van der Waals surface area contributed by atoms with E-state index in [9.17, 15) is 0 Å². The summed E-state index contributed by atoms with van der Waals surface area (Å²) in [5, 5.41) is 1.25. The monoisotopic (exact) mass is 297 g/mol. The number of aromatic amines is 1. The number of para-hydroxylation sites is 1. The lowest BCUT2D eigenvalue weighted by Gasteiger charge is -2.13. The average Bonchev–Trinajstić information content (AvgIpc) is 3.06. The van der Waals surface area contributed by atoms with Crippen molar-refractivity contribution in [3.05, 3.63) is 96.1 Å². The minimum Gasteiger partial charge on any atom is -0.355 e. The van der Waals surface area contributed by atoms with E-state index >= 15 is 0 Å². The maximum absolute atomic E-state index is 3.52. The van der Waals surface area contributed by atoms with Crippen molar-refractivity contribution in [2.75, 3.05) is 0 Å². The van der Waals surface area contributed by atoms with E-state index in [1.165, 1.54) is 33.3 Å². The summed E-state index contributed by atoms with van der Waals surface area (Å²) in [6.07, 6.45) is 0. The molecule has 0 amide bonds. The Morgan fingerprint density at radius 2 is 1.43 bits per heavy atom. The Balaban J connectivity index is 1.73. The van der Waals surface area contributed by atoms with Crippen molar-refractivity contribution in [1.82, 2.24) is 4.98 Å². The summed E-state index contributed by atoms with van der Waals surface area (Å²) in [6, 6.07) is 30.1. The lowest BCUT2D eigenvalue weighted by molar-refractivity contribution is 0.923. The molecular weight excluding hydrogens is 278 g/mol. The van der Waals surface area contributed by atoms with Gasteiger partial charge in [-0.2, -0.15) is 0 Å². The maximum atomic E-state index is 3.52. The molecule has 0 saturated carbocycles. The van der Waals surface area contributed by atoms with E-state index in [4.69, 9.17) is 0 Å². The molecule has 0 fully saturated rings. The molecule has 3 aromatic carbocycles. The Morgan fingerprint density at radius 3 is 2.26 bits per heavy atom. The standard InChI is InChI=1S/C22H19N/c1-16(17-8-3-2-4-9-17)18-11-7-12-19(14-18)22-15-20-10-5-6-13-21(20)23-22/h2-16,23H,1H3. The molecule has 0 bridgehead atoms. The molecule has 0 radical (unpaired) electrons. The van der Waals surface area contributed by atoms with Crippen molar-refractivity contribution in [3.8, 4) is 11.3 Å². The highest BCUT2D eigenvalue weighted by Gasteiger charge is 2.10. The molecule has 0 spiro atoms. The van der Waals surface area contributed by atoms with E-state index in [-0.39, 0.29) is 0 Å². The Morgan fingerprint density at radius 1 is 0.696 bits per heavy atom. The first-order valence-corrected chi connectivity index (χ1v) is 8.04. The van der Waals surface area contributed by atoms with Gasteiger partial charge in [0.15, 0.2) is 0 Å². The predicted octanol–water partition coefficient (Wildman–Crippen LogP) is 5.99. The SMILES string of the molecule is CC(c1ccccc1)c1cccc(-c2cc3ccccc3[nH]2)c1. The number of rotatable bonds is 3. The molecule has 4 aromatic rings. The third-order valence-corrected chi connectivity index (χ3v) is 4.53. The van der Waals surface area contributed by atoms with Crippen LogP contribution in [0.5, 0.6) is 0 Å². The summed E-state index contributed by atoms with van der Waals surface area (Å²) in [5.74, 6) is 0.389. The average molecular weight is 297 g/mol. The van der Waals surface area contributed by atoms with E-state index in [1.54, 1.807) is 0 Å². The van der Waals surface area contributed by atoms with Crippen molar-refractivity contribution in [3.63, 3.8) is 0 Å². The molecule has 4 rings (SSSR count). The van der Waals surface area contributed by atoms with Crippen LogP contribution in [-0.2, 0) is 0 Å². The van der Waals surface area contributed by atoms with Crippen LogP contribution in [-0.4, -0.2) is 4.98 Å². The van der Waals surface area contributed by atoms with Gasteiger partial charge in [-0.25, -0.2) is 0 Å². The van der Waals surface area contributed by atoms with Gasteiger partial charge in [0.25, 0.3) is 0 Å². The van der Waals surface area contributed by atoms with Crippen LogP contribution in [0.1, 0.15) is 24.0 Å². The smallest absolute Gasteiger partial charge is 0.0464 e. The summed E-state index contributed by atoms with van der Waals surface area (Å²) in [6.45, 7) is 2.26. The van der Waals surface area contributed by atoms with Crippen LogP contribution < -0.4 is 0 Å². The molecule has 1 aromatic heterocycles. The van der Waals surface area contributed by atoms with Gasteiger partial charge in [-0.3, -0.25) is 0 Å². The molecule has 1 atom stereocenters. The van der Waals surface area contributed by atoms with Gasteiger partial charge in [0, 0.05) is 22.5 Å². The molecule has 1 N–H and O–H groups in total. The minimum atomic E-state index is 0.389. The second-order valence-electron chi connectivity index (χ2n) is 6.03. The summed E-state index contributed by atoms with van der Waals surface area (Å²) in [5.41, 5.74) is 6.28. The Kier molecular flexibility index (Phi) is 3.47. The van der Waals surface area contributed by atoms with Gasteiger partial charge in [0.05, 0.1) is 0 Å². The molecule has 1 heterocycles. The Bertz CT molecular complexity index is 901. The van der Waals surface area contributed by atoms with Gasteiger partial charge in [-0.05, 0) is 34.9 Å². The predicted molar refractivity (Wildman–Crippen MR) is 97.7 cm³/mol. The largest absolute Gasteiger partial charge is 0.355 e. The number of H-pyrrole nitrogens is 1. The third-order valence-electron chi connectivity index (χ3n) is 4.53. The fourth-order valence-corrected chi connectivity index (χ4v) is 3.14. The normalized spacial score (nSPS) is 12.4. The van der Waals surface area contributed by atoms with Crippen LogP contribution in [0.4, 0.5) is 0 Å². The molecule has 1 unspecified atom stereocenters. The van der Waals surface area contributed by atoms with Gasteiger partial charge >= 0.3 is 0 Å². The van der Waals surface area contributed by atoms with Gasteiger partial charge in [-0.15, -0.1) is 0 Å². The minimum absolute atomic E-state index is 0.389. The first-order chi connectivity index (χ1) is 11.3. The van der Waals surface area contributed by atoms with Crippen molar-refractivity contribution in [2.24, 2.45) is 0 Å². The van der Waals surface area contributed by atoms with Crippen LogP contribution in [0.25, 0.3) is 22.2 Å². The molecule has 23 heavy (non-hydrogen) atoms. The highest BCUT2D eigenvalue weighted by atomic mass is 14.7. The summed E-state index contributed by atoms with van der Waals surface area (Å²) < 4.78 is 0. The first-order valence-electron chi connectivity index (χ1n) is 8.04. The molecule has 0 aliphatic carbocycles. The zero-order valence-corrected chi connectivity index (χ0v) is 13.2. The van der Waals surface area contributed by atoms with Gasteiger partial charge in [0.1, 0.15) is 0 Å². The topological polar surface area (TPSA) is 15.8 Å². The van der Waals surface area contributed by atoms with Gasteiger partial charge < -0.3 is 4.98 Å². The van der Waals surface area contributed by atoms with E-state index in [0.717, 1.165) is 0 Å². The molecule has 112 valence electrons. The van der Waals surface area contributed by atoms with Crippen molar-refractivity contribution < 1.29 is 0 Å². The van der Waals surface area contributed by atoms with Gasteiger partial charge in [-0.1, -0.05) is 73.7 Å². The van der Waals surface area contributed by atoms with Crippen LogP contribution in [0, 0.1) is 0 Å². The molecular formula is C22H19N. The lowest BCUT2D eigenvalue weighted by Crippen LogP contribution is -1.95. The van der Waals surface area contributed by atoms with E-state index < -0.39 is 0 Å². The van der Waals surface area contributed by atoms with Crippen LogP contribution >= 0.6 is 0 Å². The van der Waals surface area contributed by atoms with Crippen molar-refractivity contribution in [2.45, 2.75) is 12.8 Å². The molecule has 0 aliphatic heterocycles. The van der Waals surface area contributed by atoms with E-state index in [1.807, 2.05) is 0 Å². The number of fused-ring (bicyclic) bond motifs is 1. The fourth-order valence-electron chi connectivity index (χ4n) is 3.14. The van der Waals surface area contributed by atoms with E-state index in [0.29, 0.717) is 5.92 Å². The number of aromatic nitrogens is 1. The van der Waals surface area contributed by atoms with Crippen molar-refractivity contribution in [1.29, 1.82) is 0 Å². The summed E-state index contributed by atoms with van der Waals surface area (Å²) in [7, 11) is 0. The number of benzene rings is 3. The van der Waals surface area contributed by atoms with E-state index in [2.05, 4.69) is 96.8 Å². The maximum Gasteiger partial charge on any atom is 0.0464 e. The zero-order chi connectivity index (χ0) is 15.6. The van der Waals surface area contributed by atoms with Crippen LogP contribution in [0.15, 0.2) is 84.9 Å². The Labute approximate surface area is 136 Å². The summed E-state index contributed by atoms with van der Waals surface area (Å²) >= 11 is 0. The van der Waals surface area contributed by atoms with Crippen LogP contribution in [0.3, 0.4) is 0 Å². The molecule has 0 saturated heterocycles. The second-order valence-corrected chi connectivity index (χ2v) is 6.03. The highest BCUT2D eigenvalue weighted by Crippen LogP contribution is 2.29. The second kappa shape index (κ2) is 5.77. The number of nitrogens with one attached hydrogen (secondary N) is 1. The Hall–Kier alpha value is -2.80. The molecule has 1 nitrogen and oxygen atoms in total. The van der Waals surface area contributed by atoms with Crippen molar-refractivity contribution >= 4 is 10.9 Å². The third kappa shape index (κ3) is 2.66. The quantitative estimate of drug-likeness (QED) is 0.478. The molecule has 1 heteroatoms. The number of hydrogen-bond acceptors (Lipinski definition) is 0. The summed E-state index contributed by atoms with van der Waals surface area (Å²) in [4.78, 5) is 3.52. The van der Waals surface area contributed by atoms with Gasteiger partial charge in [0.2, 0.25) is 0 Å². The lowest BCUT2D eigenvalue weighted by atomic mass is 9.92.